The second-order valence-electron chi connectivity index (χ2n) is 5.43. The number of aromatic nitrogens is 1. The number of hydrogen-bond acceptors (Lipinski definition) is 4. The molecule has 1 amide bonds. The number of halogens is 1. The van der Waals surface area contributed by atoms with Crippen molar-refractivity contribution in [1.82, 2.24) is 15.6 Å². The van der Waals surface area contributed by atoms with Gasteiger partial charge in [0.05, 0.1) is 5.01 Å². The van der Waals surface area contributed by atoms with Crippen LogP contribution in [-0.2, 0) is 6.42 Å². The predicted molar refractivity (Wildman–Crippen MR) is 89.2 cm³/mol. The molecule has 4 nitrogen and oxygen atoms in total. The summed E-state index contributed by atoms with van der Waals surface area (Å²) in [5.74, 6) is -0.397. The van der Waals surface area contributed by atoms with Crippen molar-refractivity contribution in [3.63, 3.8) is 0 Å². The predicted octanol–water partition coefficient (Wildman–Crippen LogP) is 2.52. The average molecular weight is 331 g/mol. The third kappa shape index (κ3) is 4.46. The van der Waals surface area contributed by atoms with E-state index in [1.165, 1.54) is 29.0 Å². The van der Waals surface area contributed by atoms with Crippen molar-refractivity contribution in [3.05, 3.63) is 63.4 Å². The number of amides is 1. The molecular formula is C17H18FN3OS. The van der Waals surface area contributed by atoms with Gasteiger partial charge in [-0.1, -0.05) is 23.8 Å². The van der Waals surface area contributed by atoms with Gasteiger partial charge in [0.25, 0.3) is 5.91 Å². The lowest BCUT2D eigenvalue weighted by atomic mass is 10.1. The largest absolute Gasteiger partial charge is 0.347 e. The summed E-state index contributed by atoms with van der Waals surface area (Å²) in [6.07, 6.45) is 3.69. The van der Waals surface area contributed by atoms with E-state index >= 15 is 0 Å². The van der Waals surface area contributed by atoms with E-state index in [1.807, 2.05) is 0 Å². The lowest BCUT2D eigenvalue weighted by molar-refractivity contribution is 0.0952. The highest BCUT2D eigenvalue weighted by Gasteiger charge is 2.12. The number of nitrogens with zero attached hydrogens (tertiary/aromatic N) is 1. The molecule has 1 aromatic carbocycles. The zero-order valence-electron chi connectivity index (χ0n) is 12.6. The molecule has 6 heteroatoms. The van der Waals surface area contributed by atoms with Crippen LogP contribution in [0.3, 0.4) is 0 Å². The summed E-state index contributed by atoms with van der Waals surface area (Å²) < 4.78 is 12.9. The summed E-state index contributed by atoms with van der Waals surface area (Å²) in [6.45, 7) is 2.40. The molecule has 3 rings (SSSR count). The lowest BCUT2D eigenvalue weighted by Gasteiger charge is -2.14. The maximum absolute atomic E-state index is 12.9. The van der Waals surface area contributed by atoms with Crippen molar-refractivity contribution in [2.24, 2.45) is 0 Å². The van der Waals surface area contributed by atoms with E-state index in [0.717, 1.165) is 30.1 Å². The minimum absolute atomic E-state index is 0.147. The number of rotatable bonds is 5. The first-order valence-electron chi connectivity index (χ1n) is 7.56. The van der Waals surface area contributed by atoms with Crippen LogP contribution in [0.2, 0.25) is 0 Å². The van der Waals surface area contributed by atoms with Crippen molar-refractivity contribution >= 4 is 17.2 Å². The molecule has 120 valence electrons. The number of carbonyl (C=O) groups excluding carboxylic acids is 1. The van der Waals surface area contributed by atoms with Crippen LogP contribution in [0.1, 0.15) is 27.5 Å². The Bertz CT molecular complexity index is 709. The molecule has 2 N–H and O–H groups in total. The molecule has 1 aliphatic heterocycles. The van der Waals surface area contributed by atoms with Crippen LogP contribution < -0.4 is 10.6 Å². The molecule has 0 aliphatic carbocycles. The molecule has 1 aromatic heterocycles. The zero-order valence-corrected chi connectivity index (χ0v) is 13.5. The van der Waals surface area contributed by atoms with E-state index in [-0.39, 0.29) is 11.7 Å². The van der Waals surface area contributed by atoms with Crippen molar-refractivity contribution in [2.45, 2.75) is 12.8 Å². The van der Waals surface area contributed by atoms with E-state index in [2.05, 4.69) is 21.7 Å². The first kappa shape index (κ1) is 15.8. The third-order valence-corrected chi connectivity index (χ3v) is 4.54. The SMILES string of the molecule is O=C(NCC1=CCNCC1)c1csc(Cc2ccc(F)cc2)n1. The Morgan fingerprint density at radius 3 is 2.91 bits per heavy atom. The number of thiazole rings is 1. The molecule has 0 bridgehead atoms. The van der Waals surface area contributed by atoms with Gasteiger partial charge >= 0.3 is 0 Å². The van der Waals surface area contributed by atoms with Gasteiger partial charge in [-0.05, 0) is 30.7 Å². The fraction of sp³-hybridized carbons (Fsp3) is 0.294. The highest BCUT2D eigenvalue weighted by molar-refractivity contribution is 7.09. The molecule has 2 heterocycles. The summed E-state index contributed by atoms with van der Waals surface area (Å²) in [7, 11) is 0. The summed E-state index contributed by atoms with van der Waals surface area (Å²) in [5, 5.41) is 8.77. The van der Waals surface area contributed by atoms with Gasteiger partial charge in [-0.15, -0.1) is 11.3 Å². The summed E-state index contributed by atoms with van der Waals surface area (Å²) in [6, 6.07) is 6.34. The van der Waals surface area contributed by atoms with Gasteiger partial charge in [-0.25, -0.2) is 9.37 Å². The Labute approximate surface area is 138 Å². The second-order valence-corrected chi connectivity index (χ2v) is 6.37. The van der Waals surface area contributed by atoms with Gasteiger partial charge in [-0.2, -0.15) is 0 Å². The number of carbonyl (C=O) groups is 1. The van der Waals surface area contributed by atoms with Crippen LogP contribution in [0.25, 0.3) is 0 Å². The molecule has 2 aromatic rings. The molecule has 0 saturated heterocycles. The Kier molecular flexibility index (Phi) is 5.15. The molecule has 0 unspecified atom stereocenters. The summed E-state index contributed by atoms with van der Waals surface area (Å²) >= 11 is 1.45. The Hall–Kier alpha value is -2.05. The zero-order chi connectivity index (χ0) is 16.1. The van der Waals surface area contributed by atoms with E-state index in [4.69, 9.17) is 0 Å². The van der Waals surface area contributed by atoms with Crippen LogP contribution in [0.4, 0.5) is 4.39 Å². The van der Waals surface area contributed by atoms with E-state index < -0.39 is 0 Å². The van der Waals surface area contributed by atoms with Crippen LogP contribution in [0.15, 0.2) is 41.3 Å². The number of hydrogen-bond donors (Lipinski definition) is 2. The minimum Gasteiger partial charge on any atom is -0.347 e. The highest BCUT2D eigenvalue weighted by atomic mass is 32.1. The Morgan fingerprint density at radius 1 is 1.35 bits per heavy atom. The topological polar surface area (TPSA) is 54.0 Å². The van der Waals surface area contributed by atoms with Gasteiger partial charge in [0, 0.05) is 24.9 Å². The van der Waals surface area contributed by atoms with Gasteiger partial charge in [0.1, 0.15) is 11.5 Å². The lowest BCUT2D eigenvalue weighted by Crippen LogP contribution is -2.29. The molecule has 0 fully saturated rings. The fourth-order valence-corrected chi connectivity index (χ4v) is 3.20. The summed E-state index contributed by atoms with van der Waals surface area (Å²) in [5.41, 5.74) is 2.67. The quantitative estimate of drug-likeness (QED) is 0.828. The van der Waals surface area contributed by atoms with Crippen molar-refractivity contribution < 1.29 is 9.18 Å². The van der Waals surface area contributed by atoms with Crippen LogP contribution in [0.5, 0.6) is 0 Å². The monoisotopic (exact) mass is 331 g/mol. The van der Waals surface area contributed by atoms with Crippen LogP contribution >= 0.6 is 11.3 Å². The first-order chi connectivity index (χ1) is 11.2. The molecule has 0 atom stereocenters. The molecule has 0 saturated carbocycles. The van der Waals surface area contributed by atoms with Gasteiger partial charge in [0.15, 0.2) is 0 Å². The molecular weight excluding hydrogens is 313 g/mol. The molecule has 0 radical (unpaired) electrons. The Balaban J connectivity index is 1.56. The van der Waals surface area contributed by atoms with Gasteiger partial charge < -0.3 is 10.6 Å². The maximum atomic E-state index is 12.9. The molecule has 1 aliphatic rings. The highest BCUT2D eigenvalue weighted by Crippen LogP contribution is 2.15. The first-order valence-corrected chi connectivity index (χ1v) is 8.44. The van der Waals surface area contributed by atoms with Crippen LogP contribution in [0, 0.1) is 5.82 Å². The van der Waals surface area contributed by atoms with Gasteiger partial charge in [-0.3, -0.25) is 4.79 Å². The van der Waals surface area contributed by atoms with Crippen molar-refractivity contribution in [1.29, 1.82) is 0 Å². The average Bonchev–Trinajstić information content (AvgIpc) is 3.04. The van der Waals surface area contributed by atoms with Gasteiger partial charge in [0.2, 0.25) is 0 Å². The molecule has 23 heavy (non-hydrogen) atoms. The van der Waals surface area contributed by atoms with Crippen LogP contribution in [-0.4, -0.2) is 30.5 Å². The summed E-state index contributed by atoms with van der Waals surface area (Å²) in [4.78, 5) is 16.5. The fourth-order valence-electron chi connectivity index (χ4n) is 2.39. The Morgan fingerprint density at radius 2 is 2.17 bits per heavy atom. The van der Waals surface area contributed by atoms with E-state index in [9.17, 15) is 9.18 Å². The van der Waals surface area contributed by atoms with E-state index in [0.29, 0.717) is 18.7 Å². The number of benzene rings is 1. The number of nitrogens with one attached hydrogen (secondary N) is 2. The van der Waals surface area contributed by atoms with Crippen molar-refractivity contribution in [3.8, 4) is 0 Å². The smallest absolute Gasteiger partial charge is 0.271 e. The van der Waals surface area contributed by atoms with E-state index in [1.54, 1.807) is 17.5 Å². The van der Waals surface area contributed by atoms with Crippen molar-refractivity contribution in [2.75, 3.05) is 19.6 Å². The minimum atomic E-state index is -0.250. The third-order valence-electron chi connectivity index (χ3n) is 3.69. The standard InChI is InChI=1S/C17H18FN3OS/c18-14-3-1-12(2-4-14)9-16-21-15(11-23-16)17(22)20-10-13-5-7-19-8-6-13/h1-5,11,19H,6-10H2,(H,20,22). The normalized spacial score (nSPS) is 14.4. The second kappa shape index (κ2) is 7.48. The molecule has 0 spiro atoms. The maximum Gasteiger partial charge on any atom is 0.271 e.